The molecule has 0 saturated heterocycles. The van der Waals surface area contributed by atoms with E-state index in [4.69, 9.17) is 10.5 Å². The van der Waals surface area contributed by atoms with Crippen LogP contribution in [0.5, 0.6) is 5.75 Å². The van der Waals surface area contributed by atoms with Crippen LogP contribution in [0.15, 0.2) is 48.5 Å². The first-order chi connectivity index (χ1) is 11.5. The summed E-state index contributed by atoms with van der Waals surface area (Å²) in [7, 11) is 1.53. The molecule has 3 N–H and O–H groups in total. The van der Waals surface area contributed by atoms with Crippen molar-refractivity contribution < 1.29 is 18.7 Å². The molecule has 2 aromatic carbocycles. The van der Waals surface area contributed by atoms with Crippen molar-refractivity contribution >= 4 is 11.8 Å². The topological polar surface area (TPSA) is 81.4 Å². The summed E-state index contributed by atoms with van der Waals surface area (Å²) in [5.41, 5.74) is 6.67. The molecule has 126 valence electrons. The quantitative estimate of drug-likeness (QED) is 0.809. The molecule has 2 aromatic rings. The number of methoxy groups -OCH3 is 1. The van der Waals surface area contributed by atoms with E-state index in [0.717, 1.165) is 5.56 Å². The summed E-state index contributed by atoms with van der Waals surface area (Å²) >= 11 is 0. The third-order valence-electron chi connectivity index (χ3n) is 3.55. The molecule has 0 aliphatic heterocycles. The Morgan fingerprint density at radius 1 is 1.21 bits per heavy atom. The Morgan fingerprint density at radius 2 is 1.96 bits per heavy atom. The maximum Gasteiger partial charge on any atom is 0.240 e. The number of benzene rings is 2. The highest BCUT2D eigenvalue weighted by Gasteiger charge is 2.20. The van der Waals surface area contributed by atoms with Crippen molar-refractivity contribution in [1.82, 2.24) is 5.32 Å². The Labute approximate surface area is 139 Å². The Hall–Kier alpha value is -2.89. The second kappa shape index (κ2) is 8.10. The van der Waals surface area contributed by atoms with Gasteiger partial charge in [0.2, 0.25) is 11.8 Å². The van der Waals surface area contributed by atoms with Gasteiger partial charge in [-0.25, -0.2) is 4.39 Å². The minimum Gasteiger partial charge on any atom is -0.496 e. The van der Waals surface area contributed by atoms with E-state index in [1.165, 1.54) is 25.3 Å². The van der Waals surface area contributed by atoms with E-state index in [2.05, 4.69) is 5.32 Å². The number of amides is 2. The van der Waals surface area contributed by atoms with Gasteiger partial charge in [-0.1, -0.05) is 30.3 Å². The Balaban J connectivity index is 2.05. The summed E-state index contributed by atoms with van der Waals surface area (Å²) in [5, 5.41) is 2.59. The lowest BCUT2D eigenvalue weighted by molar-refractivity contribution is -0.127. The number of hydrogen-bond donors (Lipinski definition) is 2. The van der Waals surface area contributed by atoms with Crippen LogP contribution < -0.4 is 15.8 Å². The highest BCUT2D eigenvalue weighted by molar-refractivity contribution is 5.87. The number of hydrogen-bond acceptors (Lipinski definition) is 3. The average Bonchev–Trinajstić information content (AvgIpc) is 2.54. The predicted octanol–water partition coefficient (Wildman–Crippen LogP) is 1.59. The number of primary amides is 1. The molecular formula is C18H19FN2O3. The largest absolute Gasteiger partial charge is 0.496 e. The van der Waals surface area contributed by atoms with Crippen molar-refractivity contribution in [3.63, 3.8) is 0 Å². The van der Waals surface area contributed by atoms with Gasteiger partial charge >= 0.3 is 0 Å². The van der Waals surface area contributed by atoms with Crippen molar-refractivity contribution in [2.75, 3.05) is 7.11 Å². The molecule has 2 rings (SSSR count). The lowest BCUT2D eigenvalue weighted by atomic mass is 10.0. The molecule has 1 atom stereocenters. The van der Waals surface area contributed by atoms with Gasteiger partial charge in [-0.2, -0.15) is 0 Å². The Bertz CT molecular complexity index is 734. The van der Waals surface area contributed by atoms with E-state index in [1.807, 2.05) is 12.1 Å². The maximum absolute atomic E-state index is 13.2. The normalized spacial score (nSPS) is 11.6. The van der Waals surface area contributed by atoms with Gasteiger partial charge < -0.3 is 15.8 Å². The van der Waals surface area contributed by atoms with Gasteiger partial charge in [-0.15, -0.1) is 0 Å². The summed E-state index contributed by atoms with van der Waals surface area (Å²) in [4.78, 5) is 23.8. The van der Waals surface area contributed by atoms with E-state index in [9.17, 15) is 14.0 Å². The molecule has 5 nitrogen and oxygen atoms in total. The average molecular weight is 330 g/mol. The molecule has 0 aliphatic rings. The van der Waals surface area contributed by atoms with Gasteiger partial charge in [0.05, 0.1) is 13.5 Å². The van der Waals surface area contributed by atoms with Crippen molar-refractivity contribution in [1.29, 1.82) is 0 Å². The van der Waals surface area contributed by atoms with Crippen molar-refractivity contribution in [3.8, 4) is 5.75 Å². The molecule has 24 heavy (non-hydrogen) atoms. The van der Waals surface area contributed by atoms with Crippen LogP contribution in [-0.4, -0.2) is 25.0 Å². The summed E-state index contributed by atoms with van der Waals surface area (Å²) in [6.45, 7) is 0. The summed E-state index contributed by atoms with van der Waals surface area (Å²) in [6.07, 6.45) is 0.182. The molecule has 0 fully saturated rings. The van der Waals surface area contributed by atoms with Gasteiger partial charge in [0.15, 0.2) is 0 Å². The zero-order chi connectivity index (χ0) is 17.5. The van der Waals surface area contributed by atoms with Gasteiger partial charge in [0, 0.05) is 6.42 Å². The van der Waals surface area contributed by atoms with Gasteiger partial charge in [0.25, 0.3) is 0 Å². The first kappa shape index (κ1) is 17.5. The second-order valence-electron chi connectivity index (χ2n) is 5.35. The van der Waals surface area contributed by atoms with E-state index >= 15 is 0 Å². The number of rotatable bonds is 7. The van der Waals surface area contributed by atoms with Crippen molar-refractivity contribution in [2.24, 2.45) is 5.73 Å². The lowest BCUT2D eigenvalue weighted by Gasteiger charge is -2.17. The van der Waals surface area contributed by atoms with Gasteiger partial charge in [-0.3, -0.25) is 9.59 Å². The highest BCUT2D eigenvalue weighted by atomic mass is 19.1. The zero-order valence-corrected chi connectivity index (χ0v) is 13.3. The molecule has 0 heterocycles. The monoisotopic (exact) mass is 330 g/mol. The molecule has 0 bridgehead atoms. The first-order valence-electron chi connectivity index (χ1n) is 7.44. The van der Waals surface area contributed by atoms with Crippen LogP contribution in [0.1, 0.15) is 11.1 Å². The van der Waals surface area contributed by atoms with Crippen molar-refractivity contribution in [3.05, 3.63) is 65.5 Å². The van der Waals surface area contributed by atoms with Crippen LogP contribution in [0.4, 0.5) is 4.39 Å². The standard InChI is InChI=1S/C18H19FN2O3/c1-24-16-8-3-2-6-13(16)11-15(18(20)23)21-17(22)10-12-5-4-7-14(19)9-12/h2-9,15H,10-11H2,1H3,(H2,20,23)(H,21,22)/t15-/m0/s1. The number of carbonyl (C=O) groups is 2. The van der Waals surface area contributed by atoms with Crippen molar-refractivity contribution in [2.45, 2.75) is 18.9 Å². The zero-order valence-electron chi connectivity index (χ0n) is 13.3. The third-order valence-corrected chi connectivity index (χ3v) is 3.55. The molecule has 0 unspecified atom stereocenters. The predicted molar refractivity (Wildman–Crippen MR) is 87.9 cm³/mol. The number of carbonyl (C=O) groups excluding carboxylic acids is 2. The highest BCUT2D eigenvalue weighted by Crippen LogP contribution is 2.19. The number of para-hydroxylation sites is 1. The first-order valence-corrected chi connectivity index (χ1v) is 7.44. The van der Waals surface area contributed by atoms with Crippen LogP contribution in [0.2, 0.25) is 0 Å². The molecule has 6 heteroatoms. The minimum atomic E-state index is -0.873. The SMILES string of the molecule is COc1ccccc1C[C@H](NC(=O)Cc1cccc(F)c1)C(N)=O. The second-order valence-corrected chi connectivity index (χ2v) is 5.35. The number of halogens is 1. The Kier molecular flexibility index (Phi) is 5.89. The third kappa shape index (κ3) is 4.81. The van der Waals surface area contributed by atoms with Crippen LogP contribution in [0.3, 0.4) is 0 Å². The van der Waals surface area contributed by atoms with Crippen LogP contribution in [0.25, 0.3) is 0 Å². The number of ether oxygens (including phenoxy) is 1. The van der Waals surface area contributed by atoms with Crippen LogP contribution in [0, 0.1) is 5.82 Å². The summed E-state index contributed by atoms with van der Waals surface area (Å²) in [5.74, 6) is -0.850. The molecule has 2 amide bonds. The molecule has 0 spiro atoms. The van der Waals surface area contributed by atoms with E-state index < -0.39 is 23.7 Å². The summed E-state index contributed by atoms with van der Waals surface area (Å²) < 4.78 is 18.4. The fourth-order valence-corrected chi connectivity index (χ4v) is 2.39. The smallest absolute Gasteiger partial charge is 0.240 e. The van der Waals surface area contributed by atoms with E-state index in [-0.39, 0.29) is 12.8 Å². The molecule has 0 aliphatic carbocycles. The fourth-order valence-electron chi connectivity index (χ4n) is 2.39. The minimum absolute atomic E-state index is 0.0343. The number of nitrogens with two attached hydrogens (primary N) is 1. The van der Waals surface area contributed by atoms with Crippen LogP contribution >= 0.6 is 0 Å². The lowest BCUT2D eigenvalue weighted by Crippen LogP contribution is -2.46. The molecular weight excluding hydrogens is 311 g/mol. The van der Waals surface area contributed by atoms with Crippen LogP contribution in [-0.2, 0) is 22.4 Å². The summed E-state index contributed by atoms with van der Waals surface area (Å²) in [6, 6.07) is 12.1. The van der Waals surface area contributed by atoms with Gasteiger partial charge in [0.1, 0.15) is 17.6 Å². The molecule has 0 aromatic heterocycles. The van der Waals surface area contributed by atoms with E-state index in [1.54, 1.807) is 18.2 Å². The van der Waals surface area contributed by atoms with E-state index in [0.29, 0.717) is 11.3 Å². The maximum atomic E-state index is 13.2. The Morgan fingerprint density at radius 3 is 2.62 bits per heavy atom. The molecule has 0 radical (unpaired) electrons. The van der Waals surface area contributed by atoms with Gasteiger partial charge in [-0.05, 0) is 29.3 Å². The molecule has 0 saturated carbocycles. The fraction of sp³-hybridized carbons (Fsp3) is 0.222. The number of nitrogens with one attached hydrogen (secondary N) is 1.